The van der Waals surface area contributed by atoms with E-state index in [2.05, 4.69) is 25.2 Å². The molecule has 4 heterocycles. The van der Waals surface area contributed by atoms with Crippen molar-refractivity contribution in [2.75, 3.05) is 30.1 Å². The smallest absolute Gasteiger partial charge is 0.231 e. The molecule has 0 radical (unpaired) electrons. The number of piperidine rings is 1. The van der Waals surface area contributed by atoms with E-state index in [9.17, 15) is 4.79 Å². The number of aryl methyl sites for hydroxylation is 1. The SMILES string of the molecule is Cc1nc(NC(=O)[C@H]2CCCN(c3cnccn3)C2)sc1Cc1ccc2c(c1)OCO2. The van der Waals surface area contributed by atoms with Gasteiger partial charge in [0.25, 0.3) is 0 Å². The summed E-state index contributed by atoms with van der Waals surface area (Å²) in [4.78, 5) is 29.2. The van der Waals surface area contributed by atoms with Crippen LogP contribution in [0.4, 0.5) is 10.9 Å². The molecular formula is C22H23N5O3S. The molecule has 1 atom stereocenters. The monoisotopic (exact) mass is 437 g/mol. The van der Waals surface area contributed by atoms with Gasteiger partial charge in [0, 0.05) is 36.8 Å². The van der Waals surface area contributed by atoms with E-state index in [0.717, 1.165) is 59.3 Å². The number of carbonyl (C=O) groups excluding carboxylic acids is 1. The number of fused-ring (bicyclic) bond motifs is 1. The van der Waals surface area contributed by atoms with Crippen LogP contribution in [-0.2, 0) is 11.2 Å². The van der Waals surface area contributed by atoms with Crippen LogP contribution in [0.5, 0.6) is 11.5 Å². The normalized spacial score (nSPS) is 17.6. The van der Waals surface area contributed by atoms with Crippen molar-refractivity contribution in [3.63, 3.8) is 0 Å². The molecule has 9 heteroatoms. The Balaban J connectivity index is 1.24. The maximum atomic E-state index is 12.9. The van der Waals surface area contributed by atoms with Crippen LogP contribution in [0.3, 0.4) is 0 Å². The topological polar surface area (TPSA) is 89.5 Å². The number of ether oxygens (including phenoxy) is 2. The van der Waals surface area contributed by atoms with Crippen LogP contribution < -0.4 is 19.7 Å². The molecule has 31 heavy (non-hydrogen) atoms. The Morgan fingerprint density at radius 2 is 2.19 bits per heavy atom. The maximum absolute atomic E-state index is 12.9. The predicted octanol–water partition coefficient (Wildman–Crippen LogP) is 3.42. The molecule has 1 fully saturated rings. The molecule has 0 bridgehead atoms. The molecule has 3 aromatic rings. The first kappa shape index (κ1) is 19.7. The van der Waals surface area contributed by atoms with E-state index in [1.165, 1.54) is 11.3 Å². The highest BCUT2D eigenvalue weighted by molar-refractivity contribution is 7.15. The zero-order valence-corrected chi connectivity index (χ0v) is 18.0. The molecule has 8 nitrogen and oxygen atoms in total. The summed E-state index contributed by atoms with van der Waals surface area (Å²) in [6.07, 6.45) is 7.62. The Bertz CT molecular complexity index is 1090. The minimum Gasteiger partial charge on any atom is -0.454 e. The van der Waals surface area contributed by atoms with Crippen molar-refractivity contribution in [2.45, 2.75) is 26.2 Å². The Morgan fingerprint density at radius 3 is 3.06 bits per heavy atom. The molecule has 2 aromatic heterocycles. The van der Waals surface area contributed by atoms with E-state index in [-0.39, 0.29) is 18.6 Å². The number of anilines is 2. The molecule has 0 unspecified atom stereocenters. The molecule has 1 N–H and O–H groups in total. The van der Waals surface area contributed by atoms with Crippen LogP contribution in [0.2, 0.25) is 0 Å². The first-order chi connectivity index (χ1) is 15.2. The fourth-order valence-electron chi connectivity index (χ4n) is 3.94. The van der Waals surface area contributed by atoms with E-state index in [4.69, 9.17) is 9.47 Å². The first-order valence-corrected chi connectivity index (χ1v) is 11.1. The second kappa shape index (κ2) is 8.50. The van der Waals surface area contributed by atoms with Crippen molar-refractivity contribution >= 4 is 28.2 Å². The van der Waals surface area contributed by atoms with Gasteiger partial charge in [-0.15, -0.1) is 11.3 Å². The maximum Gasteiger partial charge on any atom is 0.231 e. The molecule has 1 saturated heterocycles. The summed E-state index contributed by atoms with van der Waals surface area (Å²) in [6.45, 7) is 3.77. The van der Waals surface area contributed by atoms with Gasteiger partial charge >= 0.3 is 0 Å². The largest absolute Gasteiger partial charge is 0.454 e. The third kappa shape index (κ3) is 4.32. The average molecular weight is 438 g/mol. The number of rotatable bonds is 5. The Morgan fingerprint density at radius 1 is 1.29 bits per heavy atom. The average Bonchev–Trinajstić information content (AvgIpc) is 3.40. The second-order valence-corrected chi connectivity index (χ2v) is 8.81. The lowest BCUT2D eigenvalue weighted by molar-refractivity contribution is -0.120. The molecular weight excluding hydrogens is 414 g/mol. The molecule has 160 valence electrons. The first-order valence-electron chi connectivity index (χ1n) is 10.3. The van der Waals surface area contributed by atoms with Crippen molar-refractivity contribution in [1.29, 1.82) is 0 Å². The van der Waals surface area contributed by atoms with Crippen LogP contribution in [0.15, 0.2) is 36.8 Å². The lowest BCUT2D eigenvalue weighted by atomic mass is 9.97. The fraction of sp³-hybridized carbons (Fsp3) is 0.364. The van der Waals surface area contributed by atoms with Gasteiger partial charge in [0.2, 0.25) is 12.7 Å². The van der Waals surface area contributed by atoms with Gasteiger partial charge < -0.3 is 19.7 Å². The summed E-state index contributed by atoms with van der Waals surface area (Å²) >= 11 is 1.53. The Labute approximate surface area is 184 Å². The van der Waals surface area contributed by atoms with Crippen LogP contribution >= 0.6 is 11.3 Å². The van der Waals surface area contributed by atoms with Gasteiger partial charge in [0.15, 0.2) is 16.6 Å². The zero-order chi connectivity index (χ0) is 21.2. The third-order valence-electron chi connectivity index (χ3n) is 5.59. The van der Waals surface area contributed by atoms with Crippen LogP contribution in [-0.4, -0.2) is 40.7 Å². The summed E-state index contributed by atoms with van der Waals surface area (Å²) in [7, 11) is 0. The Hall–Kier alpha value is -3.20. The van der Waals surface area contributed by atoms with Gasteiger partial charge in [-0.3, -0.25) is 9.78 Å². The van der Waals surface area contributed by atoms with E-state index in [1.807, 2.05) is 25.1 Å². The van der Waals surface area contributed by atoms with E-state index in [1.54, 1.807) is 18.6 Å². The summed E-state index contributed by atoms with van der Waals surface area (Å²) in [5.74, 6) is 2.28. The van der Waals surface area contributed by atoms with Gasteiger partial charge in [-0.2, -0.15) is 0 Å². The minimum atomic E-state index is -0.0997. The number of nitrogens with one attached hydrogen (secondary N) is 1. The second-order valence-electron chi connectivity index (χ2n) is 7.73. The van der Waals surface area contributed by atoms with Gasteiger partial charge in [-0.05, 0) is 37.5 Å². The van der Waals surface area contributed by atoms with Crippen LogP contribution in [0.1, 0.15) is 29.0 Å². The lowest BCUT2D eigenvalue weighted by Crippen LogP contribution is -2.41. The van der Waals surface area contributed by atoms with Crippen LogP contribution in [0.25, 0.3) is 0 Å². The van der Waals surface area contributed by atoms with Gasteiger partial charge in [-0.1, -0.05) is 6.07 Å². The summed E-state index contributed by atoms with van der Waals surface area (Å²) < 4.78 is 10.8. The third-order valence-corrected chi connectivity index (χ3v) is 6.66. The van der Waals surface area contributed by atoms with Gasteiger partial charge in [0.05, 0.1) is 17.8 Å². The molecule has 1 aromatic carbocycles. The number of carbonyl (C=O) groups is 1. The van der Waals surface area contributed by atoms with Crippen molar-refractivity contribution < 1.29 is 14.3 Å². The van der Waals surface area contributed by atoms with E-state index in [0.29, 0.717) is 11.7 Å². The molecule has 1 amide bonds. The summed E-state index contributed by atoms with van der Waals surface area (Å²) in [6, 6.07) is 5.97. The molecule has 0 aliphatic carbocycles. The van der Waals surface area contributed by atoms with Crippen molar-refractivity contribution in [3.05, 3.63) is 52.9 Å². The van der Waals surface area contributed by atoms with Gasteiger partial charge in [-0.25, -0.2) is 9.97 Å². The number of benzene rings is 1. The highest BCUT2D eigenvalue weighted by Crippen LogP contribution is 2.34. The predicted molar refractivity (Wildman–Crippen MR) is 118 cm³/mol. The van der Waals surface area contributed by atoms with Gasteiger partial charge in [0.1, 0.15) is 5.82 Å². The molecule has 2 aliphatic heterocycles. The number of hydrogen-bond donors (Lipinski definition) is 1. The minimum absolute atomic E-state index is 0.0111. The quantitative estimate of drug-likeness (QED) is 0.654. The molecule has 0 saturated carbocycles. The van der Waals surface area contributed by atoms with E-state index >= 15 is 0 Å². The summed E-state index contributed by atoms with van der Waals surface area (Å²) in [5, 5.41) is 3.68. The van der Waals surface area contributed by atoms with E-state index < -0.39 is 0 Å². The number of amides is 1. The molecule has 2 aliphatic rings. The van der Waals surface area contributed by atoms with Crippen molar-refractivity contribution in [1.82, 2.24) is 15.0 Å². The van der Waals surface area contributed by atoms with Crippen LogP contribution in [0, 0.1) is 12.8 Å². The number of thiazole rings is 1. The molecule has 0 spiro atoms. The highest BCUT2D eigenvalue weighted by Gasteiger charge is 2.27. The Kier molecular flexibility index (Phi) is 5.42. The summed E-state index contributed by atoms with van der Waals surface area (Å²) in [5.41, 5.74) is 2.06. The highest BCUT2D eigenvalue weighted by atomic mass is 32.1. The zero-order valence-electron chi connectivity index (χ0n) is 17.2. The number of nitrogens with zero attached hydrogens (tertiary/aromatic N) is 4. The number of aromatic nitrogens is 3. The van der Waals surface area contributed by atoms with Crippen molar-refractivity contribution in [2.24, 2.45) is 5.92 Å². The fourth-order valence-corrected chi connectivity index (χ4v) is 4.94. The standard InChI is InChI=1S/C22H23N5O3S/c1-14-19(10-15-4-5-17-18(9-15)30-13-29-17)31-22(25-14)26-21(28)16-3-2-8-27(12-16)20-11-23-6-7-24-20/h4-7,9,11,16H,2-3,8,10,12-13H2,1H3,(H,25,26,28)/t16-/m0/s1. The number of hydrogen-bond acceptors (Lipinski definition) is 8. The molecule has 5 rings (SSSR count). The van der Waals surface area contributed by atoms with Crippen molar-refractivity contribution in [3.8, 4) is 11.5 Å². The lowest BCUT2D eigenvalue weighted by Gasteiger charge is -2.32.